The highest BCUT2D eigenvalue weighted by Crippen LogP contribution is 2.43. The van der Waals surface area contributed by atoms with Crippen LogP contribution in [0.4, 0.5) is 0 Å². The van der Waals surface area contributed by atoms with Gasteiger partial charge >= 0.3 is 5.97 Å². The number of thioether (sulfide) groups is 1. The number of nitrogens with zero attached hydrogens (tertiary/aromatic N) is 1. The number of aromatic carboxylic acids is 1. The molecule has 0 amide bonds. The predicted molar refractivity (Wildman–Crippen MR) is 115 cm³/mol. The summed E-state index contributed by atoms with van der Waals surface area (Å²) in [6.45, 7) is 3.67. The van der Waals surface area contributed by atoms with Gasteiger partial charge in [-0.3, -0.25) is 4.90 Å². The third-order valence-electron chi connectivity index (χ3n) is 6.04. The fourth-order valence-corrected chi connectivity index (χ4v) is 5.17. The topological polar surface area (TPSA) is 65.6 Å². The van der Waals surface area contributed by atoms with Gasteiger partial charge in [-0.1, -0.05) is 19.4 Å². The van der Waals surface area contributed by atoms with Crippen LogP contribution < -0.4 is 4.74 Å². The summed E-state index contributed by atoms with van der Waals surface area (Å²) in [6.07, 6.45) is 4.59. The standard InChI is InChI=1S/C23H24N2O3S/c1-3-4-17-21(23(26)27)20-16-12-25-10-9-13-11-14(29-2)5-6-15(13)22(25)28-19(16)8-7-18(20)24-17/h5-8,11,22,24H,3-4,9-10,12H2,1-2H3,(H,26,27). The molecule has 1 aromatic heterocycles. The molecule has 3 aromatic rings. The maximum atomic E-state index is 12.1. The van der Waals surface area contributed by atoms with Crippen molar-refractivity contribution < 1.29 is 14.6 Å². The van der Waals surface area contributed by atoms with Crippen molar-refractivity contribution in [2.75, 3.05) is 12.8 Å². The molecule has 29 heavy (non-hydrogen) atoms. The van der Waals surface area contributed by atoms with E-state index in [1.54, 1.807) is 11.8 Å². The first kappa shape index (κ1) is 18.6. The second-order valence-corrected chi connectivity index (χ2v) is 8.63. The molecule has 2 aliphatic heterocycles. The number of ether oxygens (including phenoxy) is 1. The quantitative estimate of drug-likeness (QED) is 0.596. The minimum Gasteiger partial charge on any atom is -0.478 e. The average molecular weight is 409 g/mol. The van der Waals surface area contributed by atoms with Gasteiger partial charge in [0.05, 0.1) is 5.56 Å². The number of aromatic amines is 1. The highest BCUT2D eigenvalue weighted by atomic mass is 32.2. The Morgan fingerprint density at radius 3 is 2.97 bits per heavy atom. The molecule has 0 fully saturated rings. The van der Waals surface area contributed by atoms with E-state index in [-0.39, 0.29) is 6.23 Å². The number of nitrogens with one attached hydrogen (secondary N) is 1. The van der Waals surface area contributed by atoms with Crippen molar-refractivity contribution >= 4 is 28.6 Å². The number of carboxylic acids is 1. The first-order valence-corrected chi connectivity index (χ1v) is 11.3. The van der Waals surface area contributed by atoms with Crippen molar-refractivity contribution in [1.82, 2.24) is 9.88 Å². The second kappa shape index (κ2) is 7.11. The van der Waals surface area contributed by atoms with E-state index in [0.717, 1.165) is 53.7 Å². The summed E-state index contributed by atoms with van der Waals surface area (Å²) in [5, 5.41) is 10.7. The molecule has 3 heterocycles. The van der Waals surface area contributed by atoms with Crippen LogP contribution >= 0.6 is 11.8 Å². The first-order chi connectivity index (χ1) is 14.1. The van der Waals surface area contributed by atoms with E-state index in [2.05, 4.69) is 41.3 Å². The average Bonchev–Trinajstić information content (AvgIpc) is 3.11. The summed E-state index contributed by atoms with van der Waals surface area (Å²) >= 11 is 1.76. The lowest BCUT2D eigenvalue weighted by molar-refractivity contribution is -0.00961. The van der Waals surface area contributed by atoms with E-state index in [1.165, 1.54) is 16.0 Å². The lowest BCUT2D eigenvalue weighted by atomic mass is 9.94. The molecule has 0 saturated carbocycles. The Kier molecular flexibility index (Phi) is 4.56. The second-order valence-electron chi connectivity index (χ2n) is 7.75. The van der Waals surface area contributed by atoms with Gasteiger partial charge in [0.25, 0.3) is 0 Å². The molecule has 0 radical (unpaired) electrons. The number of fused-ring (bicyclic) bond motifs is 6. The van der Waals surface area contributed by atoms with Crippen LogP contribution in [0.5, 0.6) is 5.75 Å². The summed E-state index contributed by atoms with van der Waals surface area (Å²) in [5.74, 6) is -0.0751. The molecule has 150 valence electrons. The molecule has 2 aromatic carbocycles. The molecule has 2 aliphatic rings. The Morgan fingerprint density at radius 1 is 1.34 bits per heavy atom. The molecule has 1 unspecified atom stereocenters. The van der Waals surface area contributed by atoms with Gasteiger partial charge in [-0.15, -0.1) is 11.8 Å². The molecule has 5 rings (SSSR count). The van der Waals surface area contributed by atoms with Crippen LogP contribution in [0.1, 0.15) is 52.3 Å². The third kappa shape index (κ3) is 2.93. The predicted octanol–water partition coefficient (Wildman–Crippen LogP) is 4.99. The zero-order chi connectivity index (χ0) is 20.1. The molecule has 0 spiro atoms. The Morgan fingerprint density at radius 2 is 2.21 bits per heavy atom. The van der Waals surface area contributed by atoms with Crippen molar-refractivity contribution in [2.45, 2.75) is 43.9 Å². The van der Waals surface area contributed by atoms with Crippen molar-refractivity contribution in [1.29, 1.82) is 0 Å². The number of hydrogen-bond donors (Lipinski definition) is 2. The van der Waals surface area contributed by atoms with Crippen LogP contribution in [0.2, 0.25) is 0 Å². The van der Waals surface area contributed by atoms with Crippen molar-refractivity contribution in [3.05, 3.63) is 58.3 Å². The number of benzene rings is 2. The van der Waals surface area contributed by atoms with Gasteiger partial charge in [-0.05, 0) is 48.9 Å². The Balaban J connectivity index is 1.62. The van der Waals surface area contributed by atoms with Crippen molar-refractivity contribution in [3.63, 3.8) is 0 Å². The third-order valence-corrected chi connectivity index (χ3v) is 6.76. The maximum Gasteiger partial charge on any atom is 0.338 e. The number of H-pyrrole nitrogens is 1. The minimum absolute atomic E-state index is 0.109. The van der Waals surface area contributed by atoms with E-state index in [1.807, 2.05) is 12.1 Å². The smallest absolute Gasteiger partial charge is 0.338 e. The van der Waals surface area contributed by atoms with E-state index in [4.69, 9.17) is 4.74 Å². The summed E-state index contributed by atoms with van der Waals surface area (Å²) < 4.78 is 6.46. The highest BCUT2D eigenvalue weighted by Gasteiger charge is 2.35. The van der Waals surface area contributed by atoms with Gasteiger partial charge in [-0.25, -0.2) is 4.79 Å². The van der Waals surface area contributed by atoms with Gasteiger partial charge in [0.2, 0.25) is 0 Å². The minimum atomic E-state index is -0.871. The molecular formula is C23H24N2O3S. The normalized spacial score (nSPS) is 18.1. The fraction of sp³-hybridized carbons (Fsp3) is 0.348. The maximum absolute atomic E-state index is 12.1. The number of aromatic nitrogens is 1. The first-order valence-electron chi connectivity index (χ1n) is 10.1. The summed E-state index contributed by atoms with van der Waals surface area (Å²) in [7, 11) is 0. The molecule has 1 atom stereocenters. The van der Waals surface area contributed by atoms with E-state index < -0.39 is 5.97 Å². The van der Waals surface area contributed by atoms with Crippen LogP contribution in [-0.4, -0.2) is 33.8 Å². The summed E-state index contributed by atoms with van der Waals surface area (Å²) in [5.41, 5.74) is 5.65. The van der Waals surface area contributed by atoms with Crippen LogP contribution in [0, 0.1) is 0 Å². The molecule has 6 heteroatoms. The molecular weight excluding hydrogens is 384 g/mol. The van der Waals surface area contributed by atoms with E-state index in [0.29, 0.717) is 12.1 Å². The molecule has 0 aliphatic carbocycles. The van der Waals surface area contributed by atoms with Crippen LogP contribution in [0.15, 0.2) is 35.2 Å². The lowest BCUT2D eigenvalue weighted by Gasteiger charge is -2.41. The van der Waals surface area contributed by atoms with Crippen LogP contribution in [0.3, 0.4) is 0 Å². The molecule has 0 saturated heterocycles. The number of carboxylic acid groups (broad SMARTS) is 1. The van der Waals surface area contributed by atoms with E-state index >= 15 is 0 Å². The molecule has 2 N–H and O–H groups in total. The number of hydrogen-bond acceptors (Lipinski definition) is 4. The fourth-order valence-electron chi connectivity index (χ4n) is 4.70. The molecule has 0 bridgehead atoms. The Labute approximate surface area is 174 Å². The van der Waals surface area contributed by atoms with Gasteiger partial charge in [-0.2, -0.15) is 0 Å². The number of rotatable bonds is 4. The van der Waals surface area contributed by atoms with Gasteiger partial charge in [0, 0.05) is 45.7 Å². The zero-order valence-corrected chi connectivity index (χ0v) is 17.4. The van der Waals surface area contributed by atoms with Crippen molar-refractivity contribution in [2.24, 2.45) is 0 Å². The monoisotopic (exact) mass is 408 g/mol. The number of aryl methyl sites for hydroxylation is 1. The van der Waals surface area contributed by atoms with E-state index in [9.17, 15) is 9.90 Å². The highest BCUT2D eigenvalue weighted by molar-refractivity contribution is 7.98. The van der Waals surface area contributed by atoms with Crippen LogP contribution in [0.25, 0.3) is 10.9 Å². The van der Waals surface area contributed by atoms with Crippen LogP contribution in [-0.2, 0) is 19.4 Å². The SMILES string of the molecule is CCCc1[nH]c2ccc3c(c2c1C(=O)O)CN1CCc2cc(SC)ccc2C1O3. The Bertz CT molecular complexity index is 1120. The number of carbonyl (C=O) groups is 1. The van der Waals surface area contributed by atoms with Crippen molar-refractivity contribution in [3.8, 4) is 5.75 Å². The van der Waals surface area contributed by atoms with Gasteiger partial charge < -0.3 is 14.8 Å². The zero-order valence-electron chi connectivity index (χ0n) is 16.6. The lowest BCUT2D eigenvalue weighted by Crippen LogP contribution is -2.40. The largest absolute Gasteiger partial charge is 0.478 e. The summed E-state index contributed by atoms with van der Waals surface area (Å²) in [6, 6.07) is 10.5. The summed E-state index contributed by atoms with van der Waals surface area (Å²) in [4.78, 5) is 19.0. The molecule has 5 nitrogen and oxygen atoms in total. The van der Waals surface area contributed by atoms with Gasteiger partial charge in [0.15, 0.2) is 6.23 Å². The van der Waals surface area contributed by atoms with Gasteiger partial charge in [0.1, 0.15) is 5.75 Å². The Hall–Kier alpha value is -2.44.